The van der Waals surface area contributed by atoms with Gasteiger partial charge >= 0.3 is 0 Å². The molecule has 1 heteroatoms. The van der Waals surface area contributed by atoms with E-state index in [0.29, 0.717) is 0 Å². The van der Waals surface area contributed by atoms with E-state index >= 15 is 0 Å². The fourth-order valence-electron chi connectivity index (χ4n) is 3.91. The van der Waals surface area contributed by atoms with Crippen LogP contribution in [0.1, 0.15) is 75.8 Å². The van der Waals surface area contributed by atoms with Crippen molar-refractivity contribution in [3.8, 4) is 0 Å². The van der Waals surface area contributed by atoms with Gasteiger partial charge in [0.25, 0.3) is 0 Å². The summed E-state index contributed by atoms with van der Waals surface area (Å²) in [6.45, 7) is 22.6. The van der Waals surface area contributed by atoms with Crippen molar-refractivity contribution in [2.75, 3.05) is 7.05 Å². The normalized spacial score (nSPS) is 11.4. The van der Waals surface area contributed by atoms with Crippen LogP contribution in [0.5, 0.6) is 0 Å². The van der Waals surface area contributed by atoms with E-state index in [1.807, 2.05) is 24.4 Å². The first kappa shape index (κ1) is 35.1. The molecule has 41 heavy (non-hydrogen) atoms. The molecule has 0 atom stereocenters. The van der Waals surface area contributed by atoms with Crippen LogP contribution in [0.25, 0.3) is 11.6 Å². The molecule has 0 aliphatic heterocycles. The summed E-state index contributed by atoms with van der Waals surface area (Å²) in [7, 11) is 1.80. The second kappa shape index (κ2) is 20.0. The van der Waals surface area contributed by atoms with Crippen LogP contribution in [0.15, 0.2) is 131 Å². The zero-order valence-corrected chi connectivity index (χ0v) is 26.8. The fraction of sp³-hybridized carbons (Fsp3) is 0.275. The third-order valence-electron chi connectivity index (χ3n) is 6.46. The Labute approximate surface area is 251 Å². The third-order valence-corrected chi connectivity index (χ3v) is 6.46. The van der Waals surface area contributed by atoms with Gasteiger partial charge in [-0.3, -0.25) is 4.99 Å². The molecular formula is C40H51N. The summed E-state index contributed by atoms with van der Waals surface area (Å²) in [5.41, 5.74) is 12.6. The summed E-state index contributed by atoms with van der Waals surface area (Å²) in [5, 5.41) is 0. The van der Waals surface area contributed by atoms with E-state index in [1.54, 1.807) is 7.05 Å². The van der Waals surface area contributed by atoms with Crippen molar-refractivity contribution >= 4 is 17.9 Å². The van der Waals surface area contributed by atoms with Gasteiger partial charge in [0.1, 0.15) is 0 Å². The van der Waals surface area contributed by atoms with Crippen LogP contribution in [0, 0.1) is 6.92 Å². The van der Waals surface area contributed by atoms with E-state index in [1.165, 1.54) is 50.1 Å². The first-order valence-electron chi connectivity index (χ1n) is 14.5. The van der Waals surface area contributed by atoms with Gasteiger partial charge in [0.2, 0.25) is 0 Å². The molecule has 0 aliphatic rings. The van der Waals surface area contributed by atoms with Gasteiger partial charge in [0.05, 0.1) is 0 Å². The minimum atomic E-state index is 1.10. The number of aryl methyl sites for hydroxylation is 3. The van der Waals surface area contributed by atoms with Gasteiger partial charge in [-0.2, -0.15) is 0 Å². The van der Waals surface area contributed by atoms with Gasteiger partial charge < -0.3 is 0 Å². The Balaban J connectivity index is 0.000000348. The van der Waals surface area contributed by atoms with Crippen molar-refractivity contribution < 1.29 is 0 Å². The summed E-state index contributed by atoms with van der Waals surface area (Å²) >= 11 is 0. The average Bonchev–Trinajstić information content (AvgIpc) is 2.97. The van der Waals surface area contributed by atoms with Crippen molar-refractivity contribution in [3.05, 3.63) is 154 Å². The van der Waals surface area contributed by atoms with E-state index in [-0.39, 0.29) is 0 Å². The Hall–Kier alpha value is -3.97. The number of aliphatic imine (C=N–C) groups is 1. The molecule has 0 bridgehead atoms. The van der Waals surface area contributed by atoms with E-state index in [2.05, 4.69) is 145 Å². The minimum absolute atomic E-state index is 1.10. The number of hydrogen-bond donors (Lipinski definition) is 0. The highest BCUT2D eigenvalue weighted by Crippen LogP contribution is 2.25. The maximum atomic E-state index is 4.09. The SMILES string of the molecule is C=C(C)CCc1ccccc1.C=Cc1ccccc1/C(C=C(C)C)=C/C(C)=C(\C)C=NC.CCc1ccc(C)cc1. The Morgan fingerprint density at radius 1 is 0.756 bits per heavy atom. The summed E-state index contributed by atoms with van der Waals surface area (Å²) in [6, 6.07) is 27.5. The maximum absolute atomic E-state index is 4.09. The minimum Gasteiger partial charge on any atom is -0.296 e. The Kier molecular flexibility index (Phi) is 17.1. The summed E-state index contributed by atoms with van der Waals surface area (Å²) in [4.78, 5) is 4.09. The highest BCUT2D eigenvalue weighted by Gasteiger charge is 2.04. The smallest absolute Gasteiger partial charge is 0.0277 e. The molecule has 0 unspecified atom stereocenters. The summed E-state index contributed by atoms with van der Waals surface area (Å²) in [5.74, 6) is 0. The number of hydrogen-bond acceptors (Lipinski definition) is 1. The van der Waals surface area contributed by atoms with Crippen LogP contribution in [-0.2, 0) is 12.8 Å². The van der Waals surface area contributed by atoms with Crippen LogP contribution in [-0.4, -0.2) is 13.3 Å². The maximum Gasteiger partial charge on any atom is 0.0277 e. The molecular weight excluding hydrogens is 494 g/mol. The molecule has 1 nitrogen and oxygen atoms in total. The lowest BCUT2D eigenvalue weighted by Gasteiger charge is -2.09. The molecule has 3 rings (SSSR count). The zero-order chi connectivity index (χ0) is 30.6. The second-order valence-electron chi connectivity index (χ2n) is 10.6. The molecule has 3 aromatic rings. The average molecular weight is 546 g/mol. The lowest BCUT2D eigenvalue weighted by molar-refractivity contribution is 0.946. The summed E-state index contributed by atoms with van der Waals surface area (Å²) in [6.07, 6.45) is 11.6. The molecule has 0 fully saturated rings. The van der Waals surface area contributed by atoms with E-state index in [4.69, 9.17) is 0 Å². The van der Waals surface area contributed by atoms with Gasteiger partial charge in [0, 0.05) is 13.3 Å². The van der Waals surface area contributed by atoms with Gasteiger partial charge in [-0.15, -0.1) is 6.58 Å². The van der Waals surface area contributed by atoms with Crippen molar-refractivity contribution in [2.45, 2.75) is 67.7 Å². The van der Waals surface area contributed by atoms with E-state index < -0.39 is 0 Å². The van der Waals surface area contributed by atoms with Crippen LogP contribution in [0.2, 0.25) is 0 Å². The first-order valence-corrected chi connectivity index (χ1v) is 14.5. The molecule has 0 saturated carbocycles. The Morgan fingerprint density at radius 3 is 1.90 bits per heavy atom. The van der Waals surface area contributed by atoms with Crippen molar-refractivity contribution in [1.29, 1.82) is 0 Å². The first-order chi connectivity index (χ1) is 19.6. The zero-order valence-electron chi connectivity index (χ0n) is 26.8. The molecule has 216 valence electrons. The summed E-state index contributed by atoms with van der Waals surface area (Å²) < 4.78 is 0. The van der Waals surface area contributed by atoms with Crippen LogP contribution in [0.4, 0.5) is 0 Å². The van der Waals surface area contributed by atoms with Crippen LogP contribution < -0.4 is 0 Å². The topological polar surface area (TPSA) is 12.4 Å². The predicted molar refractivity (Wildman–Crippen MR) is 187 cm³/mol. The Morgan fingerprint density at radius 2 is 1.37 bits per heavy atom. The van der Waals surface area contributed by atoms with E-state index in [9.17, 15) is 0 Å². The molecule has 0 heterocycles. The highest BCUT2D eigenvalue weighted by molar-refractivity contribution is 5.85. The van der Waals surface area contributed by atoms with Crippen molar-refractivity contribution in [3.63, 3.8) is 0 Å². The quantitative estimate of drug-likeness (QED) is 0.144. The number of rotatable bonds is 9. The monoisotopic (exact) mass is 545 g/mol. The molecule has 3 aromatic carbocycles. The third kappa shape index (κ3) is 14.8. The lowest BCUT2D eigenvalue weighted by Crippen LogP contribution is -1.90. The standard InChI is InChI=1S/C20H25N.C11H14.C9H12/c1-7-18-10-8-9-11-20(18)19(12-15(2)3)13-16(4)17(5)14-21-6;1-10(2)8-9-11-6-4-3-5-7-11;1-3-9-6-4-8(2)5-7-9/h7-14H,1H2,2-6H3;3-7H,1,8-9H2,2H3;4-7H,3H2,1-2H3/b17-16+,19-13+,21-14?;;. The lowest BCUT2D eigenvalue weighted by atomic mass is 9.95. The van der Waals surface area contributed by atoms with Crippen molar-refractivity contribution in [1.82, 2.24) is 0 Å². The van der Waals surface area contributed by atoms with Crippen LogP contribution in [0.3, 0.4) is 0 Å². The number of allylic oxidation sites excluding steroid dienone is 7. The number of benzene rings is 3. The molecule has 0 N–H and O–H groups in total. The van der Waals surface area contributed by atoms with E-state index in [0.717, 1.165) is 24.8 Å². The van der Waals surface area contributed by atoms with Gasteiger partial charge in [-0.25, -0.2) is 0 Å². The second-order valence-corrected chi connectivity index (χ2v) is 10.6. The van der Waals surface area contributed by atoms with Crippen molar-refractivity contribution in [2.24, 2.45) is 4.99 Å². The molecule has 0 spiro atoms. The van der Waals surface area contributed by atoms with Gasteiger partial charge in [-0.05, 0) is 99.8 Å². The number of nitrogens with zero attached hydrogens (tertiary/aromatic N) is 1. The van der Waals surface area contributed by atoms with Gasteiger partial charge in [-0.1, -0.05) is 127 Å². The Bertz CT molecular complexity index is 1330. The molecule has 0 radical (unpaired) electrons. The van der Waals surface area contributed by atoms with Gasteiger partial charge in [0.15, 0.2) is 0 Å². The molecule has 0 amide bonds. The molecule has 0 aliphatic carbocycles. The fourth-order valence-corrected chi connectivity index (χ4v) is 3.91. The molecule has 0 aromatic heterocycles. The predicted octanol–water partition coefficient (Wildman–Crippen LogP) is 11.5. The largest absolute Gasteiger partial charge is 0.296 e. The molecule has 0 saturated heterocycles. The highest BCUT2D eigenvalue weighted by atomic mass is 14.6. The van der Waals surface area contributed by atoms with Crippen LogP contribution >= 0.6 is 0 Å².